The van der Waals surface area contributed by atoms with Crippen LogP contribution in [0.1, 0.15) is 25.5 Å². The Morgan fingerprint density at radius 2 is 1.85 bits per heavy atom. The van der Waals surface area contributed by atoms with Gasteiger partial charge in [-0.15, -0.1) is 0 Å². The van der Waals surface area contributed by atoms with Gasteiger partial charge < -0.3 is 4.74 Å². The van der Waals surface area contributed by atoms with Gasteiger partial charge in [-0.25, -0.2) is 0 Å². The van der Waals surface area contributed by atoms with Gasteiger partial charge in [-0.05, 0) is 47.0 Å². The van der Waals surface area contributed by atoms with Crippen molar-refractivity contribution < 1.29 is 4.74 Å². The van der Waals surface area contributed by atoms with Gasteiger partial charge in [0.1, 0.15) is 11.8 Å². The number of fused-ring (bicyclic) bond motifs is 1. The zero-order valence-electron chi connectivity index (χ0n) is 12.2. The predicted octanol–water partition coefficient (Wildman–Crippen LogP) is 3.66. The van der Waals surface area contributed by atoms with Crippen LogP contribution in [0.25, 0.3) is 10.8 Å². The number of benzene rings is 2. The van der Waals surface area contributed by atoms with Gasteiger partial charge in [-0.2, -0.15) is 5.26 Å². The molecule has 0 radical (unpaired) electrons. The molecule has 0 fully saturated rings. The highest BCUT2D eigenvalue weighted by Gasteiger charge is 2.11. The number of nitrogens with zero attached hydrogens (tertiary/aromatic N) is 1. The summed E-state index contributed by atoms with van der Waals surface area (Å²) in [5.41, 5.74) is 1.01. The largest absolute Gasteiger partial charge is 0.497 e. The van der Waals surface area contributed by atoms with Crippen LogP contribution in [0.4, 0.5) is 0 Å². The fraction of sp³-hybridized carbons (Fsp3) is 0.353. The van der Waals surface area contributed by atoms with Gasteiger partial charge in [0.2, 0.25) is 0 Å². The van der Waals surface area contributed by atoms with Crippen LogP contribution in [0.2, 0.25) is 0 Å². The summed E-state index contributed by atoms with van der Waals surface area (Å²) in [6.45, 7) is 5.10. The molecule has 0 bridgehead atoms. The molecule has 1 unspecified atom stereocenters. The van der Waals surface area contributed by atoms with Crippen molar-refractivity contribution in [1.29, 1.82) is 5.26 Å². The highest BCUT2D eigenvalue weighted by atomic mass is 16.5. The van der Waals surface area contributed by atoms with Crippen LogP contribution < -0.4 is 10.1 Å². The molecule has 3 heteroatoms. The van der Waals surface area contributed by atoms with E-state index in [0.29, 0.717) is 5.92 Å². The van der Waals surface area contributed by atoms with Crippen LogP contribution in [-0.4, -0.2) is 13.7 Å². The van der Waals surface area contributed by atoms with Crippen molar-refractivity contribution >= 4 is 10.8 Å². The van der Waals surface area contributed by atoms with Gasteiger partial charge in [-0.1, -0.05) is 32.0 Å². The lowest BCUT2D eigenvalue weighted by molar-refractivity contribution is 0.415. The highest BCUT2D eigenvalue weighted by Crippen LogP contribution is 2.24. The Hall–Kier alpha value is -2.05. The van der Waals surface area contributed by atoms with E-state index in [4.69, 9.17) is 4.74 Å². The molecule has 0 spiro atoms. The smallest absolute Gasteiger partial charge is 0.121 e. The third-order valence-corrected chi connectivity index (χ3v) is 3.26. The molecule has 3 nitrogen and oxygen atoms in total. The van der Waals surface area contributed by atoms with Gasteiger partial charge in [-0.3, -0.25) is 5.32 Å². The van der Waals surface area contributed by atoms with Gasteiger partial charge >= 0.3 is 0 Å². The van der Waals surface area contributed by atoms with E-state index >= 15 is 0 Å². The molecule has 20 heavy (non-hydrogen) atoms. The summed E-state index contributed by atoms with van der Waals surface area (Å²) in [6.07, 6.45) is 0. The molecule has 1 atom stereocenters. The summed E-state index contributed by atoms with van der Waals surface area (Å²) in [5.74, 6) is 1.37. The summed E-state index contributed by atoms with van der Waals surface area (Å²) in [6, 6.07) is 14.1. The first-order chi connectivity index (χ1) is 9.63. The molecule has 2 aromatic rings. The molecule has 2 rings (SSSR count). The van der Waals surface area contributed by atoms with E-state index in [1.807, 2.05) is 30.3 Å². The van der Waals surface area contributed by atoms with Gasteiger partial charge in [0.25, 0.3) is 0 Å². The lowest BCUT2D eigenvalue weighted by atomic mass is 10.0. The van der Waals surface area contributed by atoms with Gasteiger partial charge in [0.05, 0.1) is 13.2 Å². The summed E-state index contributed by atoms with van der Waals surface area (Å²) >= 11 is 0. The van der Waals surface area contributed by atoms with E-state index in [1.54, 1.807) is 7.11 Å². The maximum Gasteiger partial charge on any atom is 0.121 e. The van der Waals surface area contributed by atoms with Crippen molar-refractivity contribution in [3.8, 4) is 11.8 Å². The second-order valence-electron chi connectivity index (χ2n) is 5.34. The normalized spacial score (nSPS) is 12.3. The summed E-state index contributed by atoms with van der Waals surface area (Å²) < 4.78 is 5.22. The van der Waals surface area contributed by atoms with E-state index in [2.05, 4.69) is 31.3 Å². The maximum atomic E-state index is 9.31. The van der Waals surface area contributed by atoms with Gasteiger partial charge in [0, 0.05) is 0 Å². The Morgan fingerprint density at radius 1 is 1.15 bits per heavy atom. The van der Waals surface area contributed by atoms with Crippen molar-refractivity contribution in [1.82, 2.24) is 5.32 Å². The quantitative estimate of drug-likeness (QED) is 0.900. The highest BCUT2D eigenvalue weighted by molar-refractivity contribution is 5.84. The number of methoxy groups -OCH3 is 1. The van der Waals surface area contributed by atoms with Crippen LogP contribution in [0.5, 0.6) is 5.75 Å². The average Bonchev–Trinajstić information content (AvgIpc) is 2.47. The molecule has 0 aliphatic rings. The minimum absolute atomic E-state index is 0.260. The molecular formula is C17H20N2O. The fourth-order valence-electron chi connectivity index (χ4n) is 2.14. The second kappa shape index (κ2) is 6.40. The number of rotatable bonds is 5. The van der Waals surface area contributed by atoms with Crippen molar-refractivity contribution in [2.24, 2.45) is 5.92 Å². The predicted molar refractivity (Wildman–Crippen MR) is 81.7 cm³/mol. The van der Waals surface area contributed by atoms with Crippen LogP contribution in [0.3, 0.4) is 0 Å². The number of hydrogen-bond acceptors (Lipinski definition) is 3. The Labute approximate surface area is 120 Å². The van der Waals surface area contributed by atoms with Crippen molar-refractivity contribution in [3.05, 3.63) is 42.0 Å². The molecule has 1 N–H and O–H groups in total. The van der Waals surface area contributed by atoms with Gasteiger partial charge in [0.15, 0.2) is 0 Å². The monoisotopic (exact) mass is 268 g/mol. The third kappa shape index (κ3) is 3.28. The minimum atomic E-state index is -0.260. The minimum Gasteiger partial charge on any atom is -0.497 e. The van der Waals surface area contributed by atoms with E-state index in [0.717, 1.165) is 28.6 Å². The van der Waals surface area contributed by atoms with Crippen LogP contribution in [-0.2, 0) is 0 Å². The Bertz CT molecular complexity index is 628. The summed E-state index contributed by atoms with van der Waals surface area (Å²) in [7, 11) is 1.66. The second-order valence-corrected chi connectivity index (χ2v) is 5.34. The molecule has 0 amide bonds. The number of nitrogens with one attached hydrogen (secondary N) is 1. The first kappa shape index (κ1) is 14.4. The van der Waals surface area contributed by atoms with Crippen molar-refractivity contribution in [2.75, 3.05) is 13.7 Å². The third-order valence-electron chi connectivity index (χ3n) is 3.26. The Kier molecular flexibility index (Phi) is 4.60. The zero-order valence-corrected chi connectivity index (χ0v) is 12.2. The topological polar surface area (TPSA) is 45.0 Å². The van der Waals surface area contributed by atoms with E-state index in [9.17, 15) is 5.26 Å². The van der Waals surface area contributed by atoms with Crippen LogP contribution in [0, 0.1) is 17.2 Å². The van der Waals surface area contributed by atoms with Crippen molar-refractivity contribution in [2.45, 2.75) is 19.9 Å². The van der Waals surface area contributed by atoms with Crippen molar-refractivity contribution in [3.63, 3.8) is 0 Å². The lowest BCUT2D eigenvalue weighted by Gasteiger charge is -2.14. The Balaban J connectivity index is 2.28. The summed E-state index contributed by atoms with van der Waals surface area (Å²) in [5, 5.41) is 14.8. The molecular weight excluding hydrogens is 248 g/mol. The lowest BCUT2D eigenvalue weighted by Crippen LogP contribution is -2.24. The first-order valence-electron chi connectivity index (χ1n) is 6.84. The number of ether oxygens (including phenoxy) is 1. The average molecular weight is 268 g/mol. The molecule has 0 aliphatic heterocycles. The van der Waals surface area contributed by atoms with Crippen LogP contribution >= 0.6 is 0 Å². The standard InChI is InChI=1S/C17H20N2O/c1-12(2)11-19-17(10-18)15-5-4-14-9-16(20-3)7-6-13(14)8-15/h4-9,12,17,19H,11H2,1-3H3. The molecule has 0 aliphatic carbocycles. The zero-order chi connectivity index (χ0) is 14.5. The first-order valence-corrected chi connectivity index (χ1v) is 6.84. The van der Waals surface area contributed by atoms with E-state index in [-0.39, 0.29) is 6.04 Å². The molecule has 0 heterocycles. The molecule has 0 saturated carbocycles. The molecule has 0 saturated heterocycles. The number of nitriles is 1. The van der Waals surface area contributed by atoms with Crippen LogP contribution in [0.15, 0.2) is 36.4 Å². The molecule has 2 aromatic carbocycles. The Morgan fingerprint density at radius 3 is 2.50 bits per heavy atom. The van der Waals surface area contributed by atoms with E-state index in [1.165, 1.54) is 0 Å². The molecule has 104 valence electrons. The SMILES string of the molecule is COc1ccc2cc(C(C#N)NCC(C)C)ccc2c1. The summed E-state index contributed by atoms with van der Waals surface area (Å²) in [4.78, 5) is 0. The maximum absolute atomic E-state index is 9.31. The molecule has 0 aromatic heterocycles. The fourth-order valence-corrected chi connectivity index (χ4v) is 2.14. The number of hydrogen-bond donors (Lipinski definition) is 1. The van der Waals surface area contributed by atoms with E-state index < -0.39 is 0 Å².